The lowest BCUT2D eigenvalue weighted by Gasteiger charge is -2.22. The predicted molar refractivity (Wildman–Crippen MR) is 67.4 cm³/mol. The first-order chi connectivity index (χ1) is 7.95. The third kappa shape index (κ3) is 3.11. The lowest BCUT2D eigenvalue weighted by Crippen LogP contribution is -2.24. The Bertz CT molecular complexity index is 464. The van der Waals surface area contributed by atoms with Crippen LogP contribution in [0.2, 0.25) is 0 Å². The van der Waals surface area contributed by atoms with Gasteiger partial charge in [-0.15, -0.1) is 0 Å². The van der Waals surface area contributed by atoms with E-state index < -0.39 is 5.91 Å². The molecule has 0 radical (unpaired) electrons. The zero-order chi connectivity index (χ0) is 13.0. The van der Waals surface area contributed by atoms with Crippen LogP contribution in [0.25, 0.3) is 0 Å². The Kier molecular flexibility index (Phi) is 3.94. The van der Waals surface area contributed by atoms with Crippen LogP contribution in [0.4, 0.5) is 11.4 Å². The molecule has 1 rings (SSSR count). The summed E-state index contributed by atoms with van der Waals surface area (Å²) >= 11 is 0. The van der Waals surface area contributed by atoms with Gasteiger partial charge in [0.15, 0.2) is 0 Å². The van der Waals surface area contributed by atoms with Crippen molar-refractivity contribution in [2.24, 2.45) is 11.7 Å². The van der Waals surface area contributed by atoms with Crippen molar-refractivity contribution in [2.75, 3.05) is 24.2 Å². The number of hydrogen-bond acceptors (Lipinski definition) is 4. The fourth-order valence-corrected chi connectivity index (χ4v) is 1.61. The van der Waals surface area contributed by atoms with E-state index in [1.165, 1.54) is 0 Å². The van der Waals surface area contributed by atoms with Crippen molar-refractivity contribution in [2.45, 2.75) is 6.92 Å². The zero-order valence-electron chi connectivity index (χ0n) is 9.97. The minimum absolute atomic E-state index is 0.0878. The van der Waals surface area contributed by atoms with E-state index in [0.717, 1.165) is 5.69 Å². The number of anilines is 2. The highest BCUT2D eigenvalue weighted by atomic mass is 16.1. The molecule has 0 bridgehead atoms. The molecule has 1 aromatic carbocycles. The number of nitrogens with zero attached hydrogens (tertiary/aromatic N) is 2. The maximum Gasteiger partial charge on any atom is 0.248 e. The van der Waals surface area contributed by atoms with Gasteiger partial charge in [0, 0.05) is 19.2 Å². The third-order valence-corrected chi connectivity index (χ3v) is 2.49. The van der Waals surface area contributed by atoms with Gasteiger partial charge in [-0.2, -0.15) is 5.26 Å². The molecule has 0 aromatic heterocycles. The largest absolute Gasteiger partial charge is 0.397 e. The normalized spacial score (nSPS) is 11.6. The molecule has 0 saturated heterocycles. The number of carbonyl (C=O) groups excluding carboxylic acids is 1. The number of rotatable bonds is 4. The Labute approximate surface area is 101 Å². The van der Waals surface area contributed by atoms with Gasteiger partial charge in [0.25, 0.3) is 0 Å². The van der Waals surface area contributed by atoms with Crippen LogP contribution < -0.4 is 16.4 Å². The second kappa shape index (κ2) is 5.21. The Morgan fingerprint density at radius 2 is 2.24 bits per heavy atom. The Morgan fingerprint density at radius 1 is 1.59 bits per heavy atom. The molecular weight excluding hydrogens is 216 g/mol. The molecule has 0 aliphatic rings. The highest BCUT2D eigenvalue weighted by molar-refractivity contribution is 5.94. The summed E-state index contributed by atoms with van der Waals surface area (Å²) in [5.74, 6) is -0.591. The van der Waals surface area contributed by atoms with Crippen LogP contribution in [0.5, 0.6) is 0 Å². The molecule has 0 spiro atoms. The first kappa shape index (κ1) is 12.8. The molecule has 0 heterocycles. The minimum atomic E-state index is -0.503. The summed E-state index contributed by atoms with van der Waals surface area (Å²) in [5, 5.41) is 8.75. The molecule has 0 aliphatic heterocycles. The standard InChI is InChI=1S/C12H16N4O/c1-8(6-13)7-16(2)11-4-3-9(12(15)17)5-10(11)14/h3-5,8H,7,14H2,1-2H3,(H2,15,17). The van der Waals surface area contributed by atoms with Crippen molar-refractivity contribution in [1.29, 1.82) is 5.26 Å². The third-order valence-electron chi connectivity index (χ3n) is 2.49. The van der Waals surface area contributed by atoms with Crippen LogP contribution in [-0.4, -0.2) is 19.5 Å². The Morgan fingerprint density at radius 3 is 2.71 bits per heavy atom. The van der Waals surface area contributed by atoms with Crippen LogP contribution in [0.15, 0.2) is 18.2 Å². The summed E-state index contributed by atoms with van der Waals surface area (Å²) in [4.78, 5) is 12.9. The summed E-state index contributed by atoms with van der Waals surface area (Å²) < 4.78 is 0. The lowest BCUT2D eigenvalue weighted by atomic mass is 10.1. The molecule has 0 saturated carbocycles. The summed E-state index contributed by atoms with van der Waals surface area (Å²) in [6.45, 7) is 2.42. The molecule has 5 heteroatoms. The van der Waals surface area contributed by atoms with Crippen LogP contribution in [0.1, 0.15) is 17.3 Å². The van der Waals surface area contributed by atoms with E-state index in [0.29, 0.717) is 17.8 Å². The molecule has 5 nitrogen and oxygen atoms in total. The average Bonchev–Trinajstić information content (AvgIpc) is 2.28. The summed E-state index contributed by atoms with van der Waals surface area (Å²) in [5.41, 5.74) is 12.7. The molecule has 1 atom stereocenters. The van der Waals surface area contributed by atoms with Gasteiger partial charge in [0.05, 0.1) is 23.4 Å². The monoisotopic (exact) mass is 232 g/mol. The van der Waals surface area contributed by atoms with E-state index in [4.69, 9.17) is 16.7 Å². The van der Waals surface area contributed by atoms with E-state index in [-0.39, 0.29) is 5.92 Å². The topological polar surface area (TPSA) is 96.1 Å². The van der Waals surface area contributed by atoms with E-state index in [1.54, 1.807) is 18.2 Å². The van der Waals surface area contributed by atoms with E-state index in [9.17, 15) is 4.79 Å². The van der Waals surface area contributed by atoms with Crippen molar-refractivity contribution in [3.8, 4) is 6.07 Å². The van der Waals surface area contributed by atoms with Gasteiger partial charge >= 0.3 is 0 Å². The molecule has 90 valence electrons. The number of amides is 1. The predicted octanol–water partition coefficient (Wildman–Crippen LogP) is 0.964. The second-order valence-electron chi connectivity index (χ2n) is 4.05. The quantitative estimate of drug-likeness (QED) is 0.756. The molecule has 0 fully saturated rings. The van der Waals surface area contributed by atoms with Crippen molar-refractivity contribution < 1.29 is 4.79 Å². The average molecular weight is 232 g/mol. The van der Waals surface area contributed by atoms with Crippen molar-refractivity contribution >= 4 is 17.3 Å². The van der Waals surface area contributed by atoms with Gasteiger partial charge in [-0.05, 0) is 25.1 Å². The minimum Gasteiger partial charge on any atom is -0.397 e. The zero-order valence-corrected chi connectivity index (χ0v) is 9.97. The molecule has 4 N–H and O–H groups in total. The molecular formula is C12H16N4O. The number of nitrogen functional groups attached to an aromatic ring is 1. The number of hydrogen-bond donors (Lipinski definition) is 2. The lowest BCUT2D eigenvalue weighted by molar-refractivity contribution is 0.100. The molecule has 0 aliphatic carbocycles. The van der Waals surface area contributed by atoms with Crippen LogP contribution >= 0.6 is 0 Å². The smallest absolute Gasteiger partial charge is 0.248 e. The number of carbonyl (C=O) groups is 1. The number of nitrogens with two attached hydrogens (primary N) is 2. The van der Waals surface area contributed by atoms with Gasteiger partial charge in [-0.25, -0.2) is 0 Å². The second-order valence-corrected chi connectivity index (χ2v) is 4.05. The van der Waals surface area contributed by atoms with Crippen LogP contribution in [-0.2, 0) is 0 Å². The van der Waals surface area contributed by atoms with Gasteiger partial charge in [-0.3, -0.25) is 4.79 Å². The maximum atomic E-state index is 11.0. The highest BCUT2D eigenvalue weighted by Gasteiger charge is 2.10. The van der Waals surface area contributed by atoms with Crippen molar-refractivity contribution in [1.82, 2.24) is 0 Å². The molecule has 1 unspecified atom stereocenters. The van der Waals surface area contributed by atoms with E-state index in [2.05, 4.69) is 6.07 Å². The highest BCUT2D eigenvalue weighted by Crippen LogP contribution is 2.23. The van der Waals surface area contributed by atoms with Crippen LogP contribution in [0.3, 0.4) is 0 Å². The Hall–Kier alpha value is -2.22. The van der Waals surface area contributed by atoms with E-state index in [1.807, 2.05) is 18.9 Å². The first-order valence-electron chi connectivity index (χ1n) is 5.25. The van der Waals surface area contributed by atoms with Gasteiger partial charge in [0.2, 0.25) is 5.91 Å². The van der Waals surface area contributed by atoms with Crippen molar-refractivity contribution in [3.63, 3.8) is 0 Å². The van der Waals surface area contributed by atoms with Gasteiger partial charge in [0.1, 0.15) is 0 Å². The Balaban J connectivity index is 2.93. The molecule has 1 aromatic rings. The van der Waals surface area contributed by atoms with Gasteiger partial charge in [-0.1, -0.05) is 0 Å². The number of benzene rings is 1. The van der Waals surface area contributed by atoms with E-state index >= 15 is 0 Å². The fraction of sp³-hybridized carbons (Fsp3) is 0.333. The number of primary amides is 1. The maximum absolute atomic E-state index is 11.0. The summed E-state index contributed by atoms with van der Waals surface area (Å²) in [7, 11) is 1.85. The first-order valence-corrected chi connectivity index (χ1v) is 5.25. The molecule has 17 heavy (non-hydrogen) atoms. The summed E-state index contributed by atoms with van der Waals surface area (Å²) in [6, 6.07) is 7.07. The SMILES string of the molecule is CC(C#N)CN(C)c1ccc(C(N)=O)cc1N. The number of nitriles is 1. The van der Waals surface area contributed by atoms with Gasteiger partial charge < -0.3 is 16.4 Å². The fourth-order valence-electron chi connectivity index (χ4n) is 1.61. The van der Waals surface area contributed by atoms with Crippen molar-refractivity contribution in [3.05, 3.63) is 23.8 Å². The summed E-state index contributed by atoms with van der Waals surface area (Å²) in [6.07, 6.45) is 0. The molecule has 1 amide bonds. The van der Waals surface area contributed by atoms with Crippen LogP contribution in [0, 0.1) is 17.2 Å².